The van der Waals surface area contributed by atoms with Gasteiger partial charge in [-0.1, -0.05) is 18.0 Å². The van der Waals surface area contributed by atoms with E-state index in [-0.39, 0.29) is 22.6 Å². The summed E-state index contributed by atoms with van der Waals surface area (Å²) in [4.78, 5) is 2.20. The summed E-state index contributed by atoms with van der Waals surface area (Å²) in [7, 11) is -3.70. The van der Waals surface area contributed by atoms with Crippen molar-refractivity contribution in [2.75, 3.05) is 26.2 Å². The number of hydrogen-bond donors (Lipinski definition) is 2. The van der Waals surface area contributed by atoms with Crippen LogP contribution in [0, 0.1) is 11.3 Å². The second kappa shape index (κ2) is 8.79. The molecule has 2 N–H and O–H groups in total. The van der Waals surface area contributed by atoms with E-state index in [0.29, 0.717) is 18.5 Å². The zero-order valence-electron chi connectivity index (χ0n) is 13.4. The number of sulfonamides is 1. The first-order chi connectivity index (χ1) is 11.5. The molecule has 0 unspecified atom stereocenters. The van der Waals surface area contributed by atoms with Crippen LogP contribution >= 0.6 is 11.6 Å². The first-order valence-corrected chi connectivity index (χ1v) is 9.88. The van der Waals surface area contributed by atoms with Crippen LogP contribution in [-0.2, 0) is 10.0 Å². The largest absolute Gasteiger partial charge is 0.395 e. The van der Waals surface area contributed by atoms with Crippen molar-refractivity contribution in [1.29, 1.82) is 5.26 Å². The normalized spacial score (nSPS) is 19.1. The summed E-state index contributed by atoms with van der Waals surface area (Å²) < 4.78 is 27.1. The Morgan fingerprint density at radius 1 is 1.42 bits per heavy atom. The topological polar surface area (TPSA) is 93.4 Å². The fraction of sp³-hybridized carbons (Fsp3) is 0.562. The van der Waals surface area contributed by atoms with Crippen LogP contribution in [0.5, 0.6) is 0 Å². The minimum atomic E-state index is -3.70. The first kappa shape index (κ1) is 19.2. The highest BCUT2D eigenvalue weighted by Gasteiger charge is 2.22. The molecular formula is C16H22ClN3O3S. The Hall–Kier alpha value is -1.17. The van der Waals surface area contributed by atoms with Crippen LogP contribution in [0.25, 0.3) is 0 Å². The highest BCUT2D eigenvalue weighted by Crippen LogP contribution is 2.22. The summed E-state index contributed by atoms with van der Waals surface area (Å²) in [5.74, 6) is 0. The highest BCUT2D eigenvalue weighted by molar-refractivity contribution is 7.89. The van der Waals surface area contributed by atoms with Crippen molar-refractivity contribution in [3.05, 3.63) is 28.8 Å². The fourth-order valence-electron chi connectivity index (χ4n) is 2.92. The number of nitrogens with one attached hydrogen (secondary N) is 1. The lowest BCUT2D eigenvalue weighted by atomic mass is 10.0. The Morgan fingerprint density at radius 3 is 2.88 bits per heavy atom. The van der Waals surface area contributed by atoms with Crippen molar-refractivity contribution >= 4 is 21.6 Å². The van der Waals surface area contributed by atoms with E-state index in [0.717, 1.165) is 32.4 Å². The lowest BCUT2D eigenvalue weighted by molar-refractivity contribution is 0.0896. The van der Waals surface area contributed by atoms with E-state index < -0.39 is 10.0 Å². The van der Waals surface area contributed by atoms with Crippen molar-refractivity contribution in [3.8, 4) is 6.07 Å². The van der Waals surface area contributed by atoms with Gasteiger partial charge in [-0.2, -0.15) is 5.26 Å². The maximum atomic E-state index is 12.3. The van der Waals surface area contributed by atoms with Gasteiger partial charge < -0.3 is 5.11 Å². The molecule has 132 valence electrons. The van der Waals surface area contributed by atoms with Gasteiger partial charge in [-0.15, -0.1) is 0 Å². The molecule has 1 aromatic rings. The lowest BCUT2D eigenvalue weighted by Crippen LogP contribution is -2.43. The maximum absolute atomic E-state index is 12.3. The van der Waals surface area contributed by atoms with Crippen molar-refractivity contribution in [1.82, 2.24) is 9.62 Å². The molecule has 0 aromatic heterocycles. The van der Waals surface area contributed by atoms with Crippen LogP contribution in [0.15, 0.2) is 23.1 Å². The number of rotatable bonds is 7. The minimum Gasteiger partial charge on any atom is -0.395 e. The zero-order chi connectivity index (χ0) is 17.6. The van der Waals surface area contributed by atoms with Gasteiger partial charge in [0.15, 0.2) is 0 Å². The summed E-state index contributed by atoms with van der Waals surface area (Å²) in [6, 6.07) is 6.22. The SMILES string of the molecule is N#Cc1ccc(S(=O)(=O)NCCCN2CCCC[C@@H]2CO)c(Cl)c1. The molecule has 0 spiro atoms. The quantitative estimate of drug-likeness (QED) is 0.712. The molecule has 1 aliphatic heterocycles. The van der Waals surface area contributed by atoms with Crippen LogP contribution in [0.2, 0.25) is 5.02 Å². The number of benzene rings is 1. The number of piperidine rings is 1. The Bertz CT molecular complexity index is 703. The van der Waals surface area contributed by atoms with E-state index in [4.69, 9.17) is 16.9 Å². The van der Waals surface area contributed by atoms with Gasteiger partial charge in [0.05, 0.1) is 23.3 Å². The second-order valence-corrected chi connectivity index (χ2v) is 8.02. The van der Waals surface area contributed by atoms with E-state index in [9.17, 15) is 13.5 Å². The average Bonchev–Trinajstić information content (AvgIpc) is 2.58. The zero-order valence-corrected chi connectivity index (χ0v) is 15.0. The van der Waals surface area contributed by atoms with Crippen LogP contribution in [0.4, 0.5) is 0 Å². The molecule has 1 fully saturated rings. The molecule has 0 amide bonds. The molecule has 24 heavy (non-hydrogen) atoms. The molecule has 8 heteroatoms. The lowest BCUT2D eigenvalue weighted by Gasteiger charge is -2.34. The van der Waals surface area contributed by atoms with Crippen molar-refractivity contribution < 1.29 is 13.5 Å². The smallest absolute Gasteiger partial charge is 0.242 e. The van der Waals surface area contributed by atoms with Gasteiger partial charge in [-0.05, 0) is 50.6 Å². The fourth-order valence-corrected chi connectivity index (χ4v) is 4.53. The van der Waals surface area contributed by atoms with Gasteiger partial charge in [0.1, 0.15) is 4.90 Å². The summed E-state index contributed by atoms with van der Waals surface area (Å²) in [6.07, 6.45) is 3.89. The number of nitriles is 1. The molecule has 0 bridgehead atoms. The van der Waals surface area contributed by atoms with E-state index in [2.05, 4.69) is 9.62 Å². The third kappa shape index (κ3) is 4.91. The number of aliphatic hydroxyl groups excluding tert-OH is 1. The molecule has 2 rings (SSSR count). The second-order valence-electron chi connectivity index (χ2n) is 5.88. The Kier molecular flexibility index (Phi) is 7.02. The van der Waals surface area contributed by atoms with Crippen LogP contribution in [0.3, 0.4) is 0 Å². The van der Waals surface area contributed by atoms with Gasteiger partial charge in [0, 0.05) is 12.6 Å². The van der Waals surface area contributed by atoms with E-state index >= 15 is 0 Å². The monoisotopic (exact) mass is 371 g/mol. The van der Waals surface area contributed by atoms with Gasteiger partial charge in [-0.25, -0.2) is 13.1 Å². The molecule has 1 atom stereocenters. The van der Waals surface area contributed by atoms with E-state index in [1.807, 2.05) is 6.07 Å². The number of nitrogens with zero attached hydrogens (tertiary/aromatic N) is 2. The third-order valence-electron chi connectivity index (χ3n) is 4.22. The molecular weight excluding hydrogens is 350 g/mol. The summed E-state index contributed by atoms with van der Waals surface area (Å²) >= 11 is 5.96. The molecule has 1 saturated heterocycles. The average molecular weight is 372 g/mol. The minimum absolute atomic E-state index is 0.0191. The van der Waals surface area contributed by atoms with E-state index in [1.54, 1.807) is 0 Å². The highest BCUT2D eigenvalue weighted by atomic mass is 35.5. The van der Waals surface area contributed by atoms with Gasteiger partial charge in [0.2, 0.25) is 10.0 Å². The van der Waals surface area contributed by atoms with Crippen molar-refractivity contribution in [2.24, 2.45) is 0 Å². The van der Waals surface area contributed by atoms with E-state index in [1.165, 1.54) is 18.2 Å². The maximum Gasteiger partial charge on any atom is 0.242 e. The molecule has 0 aliphatic carbocycles. The van der Waals surface area contributed by atoms with Gasteiger partial charge >= 0.3 is 0 Å². The standard InChI is InChI=1S/C16H22ClN3O3S/c17-15-10-13(11-18)5-6-16(15)24(22,23)19-7-3-9-20-8-2-1-4-14(20)12-21/h5-6,10,14,19,21H,1-4,7-9,12H2/t14-/m1/s1. The summed E-state index contributed by atoms with van der Waals surface area (Å²) in [5.41, 5.74) is 0.319. The molecule has 0 saturated carbocycles. The van der Waals surface area contributed by atoms with Crippen molar-refractivity contribution in [3.63, 3.8) is 0 Å². The molecule has 1 aliphatic rings. The number of halogens is 1. The first-order valence-electron chi connectivity index (χ1n) is 8.02. The molecule has 0 radical (unpaired) electrons. The summed E-state index contributed by atoms with van der Waals surface area (Å²) in [5, 5.41) is 18.2. The number of aliphatic hydroxyl groups is 1. The molecule has 6 nitrogen and oxygen atoms in total. The van der Waals surface area contributed by atoms with Crippen LogP contribution in [0.1, 0.15) is 31.2 Å². The number of likely N-dealkylation sites (tertiary alicyclic amines) is 1. The molecule has 1 heterocycles. The van der Waals surface area contributed by atoms with Crippen LogP contribution in [-0.4, -0.2) is 50.7 Å². The number of hydrogen-bond acceptors (Lipinski definition) is 5. The Morgan fingerprint density at radius 2 is 2.21 bits per heavy atom. The van der Waals surface area contributed by atoms with Gasteiger partial charge in [-0.3, -0.25) is 4.90 Å². The third-order valence-corrected chi connectivity index (χ3v) is 6.17. The Balaban J connectivity index is 1.88. The van der Waals surface area contributed by atoms with Crippen molar-refractivity contribution in [2.45, 2.75) is 36.6 Å². The Labute approximate surface area is 148 Å². The van der Waals surface area contributed by atoms with Gasteiger partial charge in [0.25, 0.3) is 0 Å². The predicted octanol–water partition coefficient (Wildman–Crippen LogP) is 1.73. The predicted molar refractivity (Wildman–Crippen MR) is 92.3 cm³/mol. The summed E-state index contributed by atoms with van der Waals surface area (Å²) in [6.45, 7) is 2.13. The van der Waals surface area contributed by atoms with Crippen LogP contribution < -0.4 is 4.72 Å². The molecule has 1 aromatic carbocycles.